The number of carbonyl (C=O) groups is 1. The lowest BCUT2D eigenvalue weighted by Gasteiger charge is -2.36. The molecule has 1 aromatic heterocycles. The lowest BCUT2D eigenvalue weighted by Crippen LogP contribution is -2.47. The van der Waals surface area contributed by atoms with Crippen molar-refractivity contribution in [2.45, 2.75) is 33.7 Å². The van der Waals surface area contributed by atoms with Crippen molar-refractivity contribution in [3.8, 4) is 11.4 Å². The lowest BCUT2D eigenvalue weighted by molar-refractivity contribution is 0.199. The number of aryl methyl sites for hydroxylation is 1. The molecule has 1 aliphatic rings. The van der Waals surface area contributed by atoms with E-state index in [2.05, 4.69) is 29.3 Å². The molecule has 3 aromatic rings. The molecule has 4 rings (SSSR count). The summed E-state index contributed by atoms with van der Waals surface area (Å²) in [5.74, 6) is 1.19. The van der Waals surface area contributed by atoms with Crippen molar-refractivity contribution in [3.05, 3.63) is 76.3 Å². The summed E-state index contributed by atoms with van der Waals surface area (Å²) in [4.78, 5) is 19.4. The highest BCUT2D eigenvalue weighted by atomic mass is 35.5. The van der Waals surface area contributed by atoms with E-state index >= 15 is 0 Å². The number of aromatic nitrogens is 2. The van der Waals surface area contributed by atoms with E-state index in [-0.39, 0.29) is 6.03 Å². The molecule has 1 aliphatic heterocycles. The third-order valence-corrected chi connectivity index (χ3v) is 5.49. The number of urea groups is 1. The second-order valence-corrected chi connectivity index (χ2v) is 8.67. The number of hydrogen-bond acceptors (Lipinski definition) is 4. The van der Waals surface area contributed by atoms with E-state index in [1.54, 1.807) is 11.0 Å². The zero-order chi connectivity index (χ0) is 22.1. The van der Waals surface area contributed by atoms with Crippen molar-refractivity contribution in [1.82, 2.24) is 20.4 Å². The van der Waals surface area contributed by atoms with E-state index in [0.29, 0.717) is 29.2 Å². The van der Waals surface area contributed by atoms with Crippen LogP contribution in [-0.2, 0) is 0 Å². The SMILES string of the molecule is CC1=C(c2nc(-c3cccc(C)c3)no2)C(c2cccc(Cl)c2)NC(=O)N1CC(C)C. The van der Waals surface area contributed by atoms with Gasteiger partial charge in [0.25, 0.3) is 5.89 Å². The average molecular weight is 437 g/mol. The smallest absolute Gasteiger partial charge is 0.322 e. The maximum atomic E-state index is 12.9. The number of nitrogens with zero attached hydrogens (tertiary/aromatic N) is 3. The molecular weight excluding hydrogens is 412 g/mol. The molecule has 0 saturated carbocycles. The molecule has 1 N–H and O–H groups in total. The van der Waals surface area contributed by atoms with Crippen LogP contribution in [0.5, 0.6) is 0 Å². The van der Waals surface area contributed by atoms with Crippen LogP contribution in [0, 0.1) is 12.8 Å². The van der Waals surface area contributed by atoms with Gasteiger partial charge in [0.05, 0.1) is 11.6 Å². The number of allylic oxidation sites excluding steroid dienone is 1. The Balaban J connectivity index is 1.83. The second-order valence-electron chi connectivity index (χ2n) is 8.23. The first-order valence-corrected chi connectivity index (χ1v) is 10.7. The van der Waals surface area contributed by atoms with Crippen molar-refractivity contribution in [2.75, 3.05) is 6.54 Å². The molecule has 0 bridgehead atoms. The van der Waals surface area contributed by atoms with E-state index in [1.165, 1.54) is 0 Å². The van der Waals surface area contributed by atoms with E-state index in [4.69, 9.17) is 16.1 Å². The monoisotopic (exact) mass is 436 g/mol. The molecule has 2 amide bonds. The van der Waals surface area contributed by atoms with Gasteiger partial charge in [0.2, 0.25) is 5.82 Å². The number of halogens is 1. The van der Waals surface area contributed by atoms with Crippen LogP contribution in [0.2, 0.25) is 5.02 Å². The number of benzene rings is 2. The first-order chi connectivity index (χ1) is 14.8. The van der Waals surface area contributed by atoms with Crippen LogP contribution in [0.25, 0.3) is 17.0 Å². The Kier molecular flexibility index (Phi) is 5.83. The van der Waals surface area contributed by atoms with Crippen LogP contribution in [0.1, 0.15) is 43.8 Å². The van der Waals surface area contributed by atoms with Crippen molar-refractivity contribution in [1.29, 1.82) is 0 Å². The standard InChI is InChI=1S/C24H25ClN4O2/c1-14(2)13-29-16(4)20(21(26-24(29)30)17-8-6-10-19(25)12-17)23-27-22(28-31-23)18-9-5-7-15(3)11-18/h5-12,14,21H,13H2,1-4H3,(H,26,30). The molecule has 6 nitrogen and oxygen atoms in total. The molecule has 0 spiro atoms. The van der Waals surface area contributed by atoms with Gasteiger partial charge in [-0.2, -0.15) is 4.98 Å². The predicted molar refractivity (Wildman–Crippen MR) is 121 cm³/mol. The Bertz CT molecular complexity index is 1150. The molecule has 0 radical (unpaired) electrons. The van der Waals surface area contributed by atoms with Crippen molar-refractivity contribution in [2.24, 2.45) is 5.92 Å². The number of nitrogens with one attached hydrogen (secondary N) is 1. The second kappa shape index (κ2) is 8.55. The van der Waals surface area contributed by atoms with Gasteiger partial charge in [-0.3, -0.25) is 4.90 Å². The summed E-state index contributed by atoms with van der Waals surface area (Å²) in [5, 5.41) is 7.90. The maximum Gasteiger partial charge on any atom is 0.322 e. The summed E-state index contributed by atoms with van der Waals surface area (Å²) < 4.78 is 5.71. The zero-order valence-corrected chi connectivity index (χ0v) is 18.8. The third-order valence-electron chi connectivity index (χ3n) is 5.26. The van der Waals surface area contributed by atoms with Gasteiger partial charge in [0.1, 0.15) is 0 Å². The highest BCUT2D eigenvalue weighted by Crippen LogP contribution is 2.38. The quantitative estimate of drug-likeness (QED) is 0.544. The summed E-state index contributed by atoms with van der Waals surface area (Å²) >= 11 is 6.24. The van der Waals surface area contributed by atoms with Gasteiger partial charge in [-0.05, 0) is 43.5 Å². The van der Waals surface area contributed by atoms with Crippen LogP contribution in [0.3, 0.4) is 0 Å². The molecule has 0 aliphatic carbocycles. The maximum absolute atomic E-state index is 12.9. The van der Waals surface area contributed by atoms with Gasteiger partial charge in [-0.1, -0.05) is 66.5 Å². The van der Waals surface area contributed by atoms with Gasteiger partial charge in [-0.25, -0.2) is 4.79 Å². The van der Waals surface area contributed by atoms with Gasteiger partial charge in [0, 0.05) is 22.8 Å². The minimum Gasteiger partial charge on any atom is -0.334 e. The van der Waals surface area contributed by atoms with Crippen molar-refractivity contribution < 1.29 is 9.32 Å². The molecule has 2 aromatic carbocycles. The number of hydrogen-bond donors (Lipinski definition) is 1. The van der Waals surface area contributed by atoms with Gasteiger partial charge in [0.15, 0.2) is 0 Å². The molecule has 1 atom stereocenters. The summed E-state index contributed by atoms with van der Waals surface area (Å²) in [5.41, 5.74) is 4.42. The van der Waals surface area contributed by atoms with E-state index < -0.39 is 6.04 Å². The molecule has 0 fully saturated rings. The highest BCUT2D eigenvalue weighted by molar-refractivity contribution is 6.30. The molecular formula is C24H25ClN4O2. The summed E-state index contributed by atoms with van der Waals surface area (Å²) in [6.07, 6.45) is 0. The first-order valence-electron chi connectivity index (χ1n) is 10.3. The third kappa shape index (κ3) is 4.35. The highest BCUT2D eigenvalue weighted by Gasteiger charge is 2.36. The largest absolute Gasteiger partial charge is 0.334 e. The minimum atomic E-state index is -0.444. The summed E-state index contributed by atoms with van der Waals surface area (Å²) in [7, 11) is 0. The Morgan fingerprint density at radius 3 is 2.65 bits per heavy atom. The number of amides is 2. The molecule has 160 valence electrons. The van der Waals surface area contributed by atoms with Crippen LogP contribution in [0.15, 0.2) is 58.8 Å². The Morgan fingerprint density at radius 1 is 1.16 bits per heavy atom. The lowest BCUT2D eigenvalue weighted by atomic mass is 9.94. The fraction of sp³-hybridized carbons (Fsp3) is 0.292. The molecule has 0 saturated heterocycles. The van der Waals surface area contributed by atoms with Crippen LogP contribution in [-0.4, -0.2) is 27.6 Å². The first kappa shape index (κ1) is 21.1. The van der Waals surface area contributed by atoms with E-state index in [1.807, 2.05) is 56.3 Å². The Labute approximate surface area is 186 Å². The average Bonchev–Trinajstić information content (AvgIpc) is 3.20. The summed E-state index contributed by atoms with van der Waals surface area (Å²) in [6, 6.07) is 14.8. The van der Waals surface area contributed by atoms with Crippen molar-refractivity contribution >= 4 is 23.2 Å². The predicted octanol–water partition coefficient (Wildman–Crippen LogP) is 5.85. The van der Waals surface area contributed by atoms with Crippen LogP contribution >= 0.6 is 11.6 Å². The van der Waals surface area contributed by atoms with E-state index in [0.717, 1.165) is 28.0 Å². The summed E-state index contributed by atoms with van der Waals surface area (Å²) in [6.45, 7) is 8.68. The van der Waals surface area contributed by atoms with Gasteiger partial charge >= 0.3 is 6.03 Å². The minimum absolute atomic E-state index is 0.154. The molecule has 1 unspecified atom stereocenters. The number of carbonyl (C=O) groups excluding carboxylic acids is 1. The fourth-order valence-electron chi connectivity index (χ4n) is 3.81. The molecule has 7 heteroatoms. The van der Waals surface area contributed by atoms with E-state index in [9.17, 15) is 4.79 Å². The van der Waals surface area contributed by atoms with Gasteiger partial charge in [-0.15, -0.1) is 0 Å². The Morgan fingerprint density at radius 2 is 1.94 bits per heavy atom. The normalized spacial score (nSPS) is 16.8. The van der Waals surface area contributed by atoms with Crippen molar-refractivity contribution in [3.63, 3.8) is 0 Å². The molecule has 2 heterocycles. The topological polar surface area (TPSA) is 71.3 Å². The van der Waals surface area contributed by atoms with Gasteiger partial charge < -0.3 is 9.84 Å². The zero-order valence-electron chi connectivity index (χ0n) is 18.0. The molecule has 31 heavy (non-hydrogen) atoms. The fourth-order valence-corrected chi connectivity index (χ4v) is 4.01. The number of rotatable bonds is 5. The van der Waals surface area contributed by atoms with Crippen LogP contribution < -0.4 is 5.32 Å². The van der Waals surface area contributed by atoms with Crippen LogP contribution in [0.4, 0.5) is 4.79 Å². The Hall–Kier alpha value is -3.12.